The molecule has 0 unspecified atom stereocenters. The maximum absolute atomic E-state index is 11.1. The van der Waals surface area contributed by atoms with Crippen LogP contribution in [0.25, 0.3) is 0 Å². The fraction of sp³-hybridized carbons (Fsp3) is 0.182. The Morgan fingerprint density at radius 2 is 2.38 bits per heavy atom. The van der Waals surface area contributed by atoms with Crippen molar-refractivity contribution in [2.45, 2.75) is 13.0 Å². The Bertz CT molecular complexity index is 502. The smallest absolute Gasteiger partial charge is 0.322 e. The molecule has 0 radical (unpaired) electrons. The number of carbonyl (C=O) groups excluding carboxylic acids is 2. The quantitative estimate of drug-likeness (QED) is 0.697. The maximum atomic E-state index is 11.1. The predicted molar refractivity (Wildman–Crippen MR) is 56.2 cm³/mol. The third kappa shape index (κ3) is 2.01. The topological polar surface area (TPSA) is 82.0 Å². The first-order valence-electron chi connectivity index (χ1n) is 4.78. The molecule has 0 bridgehead atoms. The van der Waals surface area contributed by atoms with Gasteiger partial charge in [-0.1, -0.05) is 12.1 Å². The first kappa shape index (κ1) is 10.2. The summed E-state index contributed by atoms with van der Waals surface area (Å²) in [5, 5.41) is 13.5. The van der Waals surface area contributed by atoms with Gasteiger partial charge in [0.25, 0.3) is 0 Å². The molecular weight excluding hydrogens is 206 g/mol. The Hall–Kier alpha value is -2.35. The van der Waals surface area contributed by atoms with Crippen molar-refractivity contribution in [1.82, 2.24) is 5.32 Å². The number of amides is 2. The highest BCUT2D eigenvalue weighted by atomic mass is 16.2. The number of fused-ring (bicyclic) bond motifs is 1. The van der Waals surface area contributed by atoms with Crippen molar-refractivity contribution in [2.24, 2.45) is 0 Å². The second kappa shape index (κ2) is 4.03. The van der Waals surface area contributed by atoms with E-state index in [4.69, 9.17) is 5.26 Å². The molecule has 0 saturated heterocycles. The first-order chi connectivity index (χ1) is 7.69. The van der Waals surface area contributed by atoms with Crippen LogP contribution in [0.5, 0.6) is 0 Å². The van der Waals surface area contributed by atoms with Gasteiger partial charge in [-0.2, -0.15) is 5.26 Å². The van der Waals surface area contributed by atoms with Gasteiger partial charge in [-0.25, -0.2) is 0 Å². The molecule has 0 spiro atoms. The maximum Gasteiger partial charge on any atom is 0.322 e. The van der Waals surface area contributed by atoms with Gasteiger partial charge in [0.2, 0.25) is 5.91 Å². The molecule has 1 aromatic rings. The summed E-state index contributed by atoms with van der Waals surface area (Å²) in [5.41, 5.74) is 2.62. The molecule has 5 heteroatoms. The van der Waals surface area contributed by atoms with E-state index < -0.39 is 5.91 Å². The fourth-order valence-electron chi connectivity index (χ4n) is 1.61. The molecule has 0 fully saturated rings. The molecule has 2 N–H and O–H groups in total. The minimum absolute atomic E-state index is 0.0202. The Morgan fingerprint density at radius 3 is 3.12 bits per heavy atom. The molecule has 1 aliphatic rings. The molecule has 0 saturated carbocycles. The van der Waals surface area contributed by atoms with E-state index in [1.54, 1.807) is 6.07 Å². The van der Waals surface area contributed by atoms with Crippen molar-refractivity contribution in [3.63, 3.8) is 0 Å². The van der Waals surface area contributed by atoms with Crippen molar-refractivity contribution < 1.29 is 9.59 Å². The molecular formula is C11H9N3O2. The van der Waals surface area contributed by atoms with Crippen LogP contribution in [0, 0.1) is 11.3 Å². The monoisotopic (exact) mass is 215 g/mol. The molecule has 16 heavy (non-hydrogen) atoms. The van der Waals surface area contributed by atoms with E-state index in [0.29, 0.717) is 13.0 Å². The Labute approximate surface area is 92.1 Å². The fourth-order valence-corrected chi connectivity index (χ4v) is 1.61. The number of nitrogens with one attached hydrogen (secondary N) is 2. The van der Waals surface area contributed by atoms with Crippen molar-refractivity contribution >= 4 is 17.5 Å². The summed E-state index contributed by atoms with van der Waals surface area (Å²) in [6.07, 6.45) is 0.370. The van der Waals surface area contributed by atoms with Gasteiger partial charge in [-0.15, -0.1) is 0 Å². The summed E-state index contributed by atoms with van der Waals surface area (Å²) in [4.78, 5) is 21.8. The van der Waals surface area contributed by atoms with Crippen molar-refractivity contribution in [3.8, 4) is 6.07 Å². The molecule has 1 heterocycles. The van der Waals surface area contributed by atoms with E-state index in [2.05, 4.69) is 10.6 Å². The highest BCUT2D eigenvalue weighted by Crippen LogP contribution is 2.23. The number of hydrogen-bond acceptors (Lipinski definition) is 3. The first-order valence-corrected chi connectivity index (χ1v) is 4.78. The van der Waals surface area contributed by atoms with E-state index in [-0.39, 0.29) is 5.91 Å². The van der Waals surface area contributed by atoms with Crippen LogP contribution in [0.3, 0.4) is 0 Å². The summed E-state index contributed by atoms with van der Waals surface area (Å²) in [5.74, 6) is -0.678. The molecule has 5 nitrogen and oxygen atoms in total. The highest BCUT2D eigenvalue weighted by molar-refractivity contribution is 5.99. The van der Waals surface area contributed by atoms with E-state index >= 15 is 0 Å². The van der Waals surface area contributed by atoms with Crippen LogP contribution >= 0.6 is 0 Å². The molecule has 2 rings (SSSR count). The largest absolute Gasteiger partial charge is 0.339 e. The second-order valence-corrected chi connectivity index (χ2v) is 3.51. The predicted octanol–water partition coefficient (Wildman–Crippen LogP) is 0.321. The lowest BCUT2D eigenvalue weighted by atomic mass is 10.1. The summed E-state index contributed by atoms with van der Waals surface area (Å²) in [6.45, 7) is 0.299. The SMILES string of the molecule is N#CC(=O)NCc1ccc2c(c1)CC(=O)N2. The average molecular weight is 215 g/mol. The zero-order chi connectivity index (χ0) is 11.5. The molecule has 2 amide bonds. The number of anilines is 1. The third-order valence-electron chi connectivity index (χ3n) is 2.35. The average Bonchev–Trinajstić information content (AvgIpc) is 2.65. The van der Waals surface area contributed by atoms with Crippen LogP contribution in [0.4, 0.5) is 5.69 Å². The number of hydrogen-bond donors (Lipinski definition) is 2. The van der Waals surface area contributed by atoms with Crippen molar-refractivity contribution in [3.05, 3.63) is 29.3 Å². The van der Waals surface area contributed by atoms with Crippen molar-refractivity contribution in [2.75, 3.05) is 5.32 Å². The lowest BCUT2D eigenvalue weighted by Gasteiger charge is -2.03. The van der Waals surface area contributed by atoms with Gasteiger partial charge < -0.3 is 10.6 Å². The van der Waals surface area contributed by atoms with Crippen LogP contribution in [-0.2, 0) is 22.6 Å². The second-order valence-electron chi connectivity index (χ2n) is 3.51. The van der Waals surface area contributed by atoms with Gasteiger partial charge in [0, 0.05) is 12.2 Å². The minimum atomic E-state index is -0.658. The van der Waals surface area contributed by atoms with Gasteiger partial charge in [-0.05, 0) is 17.2 Å². The summed E-state index contributed by atoms with van der Waals surface area (Å²) < 4.78 is 0. The van der Waals surface area contributed by atoms with E-state index in [9.17, 15) is 9.59 Å². The Balaban J connectivity index is 2.08. The summed E-state index contributed by atoms with van der Waals surface area (Å²) in [7, 11) is 0. The zero-order valence-corrected chi connectivity index (χ0v) is 8.41. The van der Waals surface area contributed by atoms with Gasteiger partial charge >= 0.3 is 5.91 Å². The molecule has 1 aliphatic heterocycles. The lowest BCUT2D eigenvalue weighted by Crippen LogP contribution is -2.20. The van der Waals surface area contributed by atoms with Crippen LogP contribution < -0.4 is 10.6 Å². The van der Waals surface area contributed by atoms with E-state index in [1.165, 1.54) is 6.07 Å². The van der Waals surface area contributed by atoms with E-state index in [1.807, 2.05) is 12.1 Å². The van der Waals surface area contributed by atoms with Gasteiger partial charge in [0.15, 0.2) is 6.07 Å². The summed E-state index contributed by atoms with van der Waals surface area (Å²) in [6, 6.07) is 6.94. The highest BCUT2D eigenvalue weighted by Gasteiger charge is 2.17. The molecule has 80 valence electrons. The van der Waals surface area contributed by atoms with Gasteiger partial charge in [-0.3, -0.25) is 9.59 Å². The van der Waals surface area contributed by atoms with Gasteiger partial charge in [0.1, 0.15) is 0 Å². The van der Waals surface area contributed by atoms with E-state index in [0.717, 1.165) is 16.8 Å². The molecule has 0 aromatic heterocycles. The van der Waals surface area contributed by atoms with Crippen molar-refractivity contribution in [1.29, 1.82) is 5.26 Å². The minimum Gasteiger partial charge on any atom is -0.339 e. The number of carbonyl (C=O) groups is 2. The van der Waals surface area contributed by atoms with Crippen LogP contribution in [0.15, 0.2) is 18.2 Å². The number of rotatable bonds is 2. The lowest BCUT2D eigenvalue weighted by molar-refractivity contribution is -0.116. The molecule has 0 aliphatic carbocycles. The van der Waals surface area contributed by atoms with Crippen LogP contribution in [0.1, 0.15) is 11.1 Å². The Morgan fingerprint density at radius 1 is 1.56 bits per heavy atom. The standard InChI is InChI=1S/C11H9N3O2/c12-5-11(16)13-6-7-1-2-9-8(3-7)4-10(15)14-9/h1-3H,4,6H2,(H,13,16)(H,14,15). The van der Waals surface area contributed by atoms with Gasteiger partial charge in [0.05, 0.1) is 6.42 Å². The number of nitrogens with zero attached hydrogens (tertiary/aromatic N) is 1. The van der Waals surface area contributed by atoms with Crippen LogP contribution in [0.2, 0.25) is 0 Å². The summed E-state index contributed by atoms with van der Waals surface area (Å²) >= 11 is 0. The molecule has 1 aromatic carbocycles. The molecule has 0 atom stereocenters. The third-order valence-corrected chi connectivity index (χ3v) is 2.35. The Kier molecular flexibility index (Phi) is 2.56. The van der Waals surface area contributed by atoms with Crippen LogP contribution in [-0.4, -0.2) is 11.8 Å². The zero-order valence-electron chi connectivity index (χ0n) is 8.41. The normalized spacial score (nSPS) is 12.6. The number of nitriles is 1. The number of benzene rings is 1.